The summed E-state index contributed by atoms with van der Waals surface area (Å²) in [6.07, 6.45) is 3.37. The van der Waals surface area contributed by atoms with Gasteiger partial charge in [-0.05, 0) is 56.9 Å². The minimum absolute atomic E-state index is 0.0557. The molecule has 1 saturated heterocycles. The maximum Gasteiger partial charge on any atom is 0.263 e. The Hall–Kier alpha value is -2.30. The molecule has 0 radical (unpaired) electrons. The highest BCUT2D eigenvalue weighted by molar-refractivity contribution is 5.81. The van der Waals surface area contributed by atoms with Crippen molar-refractivity contribution in [2.75, 3.05) is 13.1 Å². The van der Waals surface area contributed by atoms with Crippen LogP contribution in [0.5, 0.6) is 5.75 Å². The van der Waals surface area contributed by atoms with Crippen LogP contribution in [-0.2, 0) is 4.79 Å². The number of benzene rings is 1. The Labute approximate surface area is 143 Å². The van der Waals surface area contributed by atoms with E-state index in [0.29, 0.717) is 5.92 Å². The van der Waals surface area contributed by atoms with Crippen LogP contribution in [0.15, 0.2) is 30.5 Å². The summed E-state index contributed by atoms with van der Waals surface area (Å²) in [6, 6.07) is 7.93. The third-order valence-corrected chi connectivity index (χ3v) is 4.90. The van der Waals surface area contributed by atoms with Crippen molar-refractivity contribution in [1.82, 2.24) is 15.1 Å². The van der Waals surface area contributed by atoms with Gasteiger partial charge in [0.2, 0.25) is 0 Å². The number of likely N-dealkylation sites (tertiary alicyclic amines) is 1. The van der Waals surface area contributed by atoms with Gasteiger partial charge < -0.3 is 9.64 Å². The maximum atomic E-state index is 12.8. The molecule has 0 spiro atoms. The third-order valence-electron chi connectivity index (χ3n) is 4.90. The van der Waals surface area contributed by atoms with Gasteiger partial charge in [0.1, 0.15) is 5.75 Å². The fourth-order valence-corrected chi connectivity index (χ4v) is 3.27. The highest BCUT2D eigenvalue weighted by Gasteiger charge is 2.29. The molecule has 5 nitrogen and oxygen atoms in total. The molecule has 0 aliphatic carbocycles. The Kier molecular flexibility index (Phi) is 4.88. The summed E-state index contributed by atoms with van der Waals surface area (Å²) in [4.78, 5) is 14.7. The normalized spacial score (nSPS) is 19.1. The highest BCUT2D eigenvalue weighted by Crippen LogP contribution is 2.27. The number of aryl methyl sites for hydroxylation is 1. The SMILES string of the molecule is Cc1cccc(O[C@H](C)C(=O)N2CCC[C@H](c3ccn[nH]3)C2)c1C. The van der Waals surface area contributed by atoms with Crippen LogP contribution >= 0.6 is 0 Å². The molecule has 24 heavy (non-hydrogen) atoms. The number of hydrogen-bond acceptors (Lipinski definition) is 3. The lowest BCUT2D eigenvalue weighted by Gasteiger charge is -2.34. The Morgan fingerprint density at radius 3 is 2.96 bits per heavy atom. The molecule has 2 atom stereocenters. The number of nitrogens with one attached hydrogen (secondary N) is 1. The molecule has 0 bridgehead atoms. The van der Waals surface area contributed by atoms with Crippen molar-refractivity contribution in [2.24, 2.45) is 0 Å². The molecule has 1 N–H and O–H groups in total. The number of piperidine rings is 1. The van der Waals surface area contributed by atoms with Gasteiger partial charge in [-0.3, -0.25) is 9.89 Å². The van der Waals surface area contributed by atoms with Crippen molar-refractivity contribution in [3.05, 3.63) is 47.3 Å². The quantitative estimate of drug-likeness (QED) is 0.938. The molecule has 0 saturated carbocycles. The molecular formula is C19H25N3O2. The predicted molar refractivity (Wildman–Crippen MR) is 93.1 cm³/mol. The minimum Gasteiger partial charge on any atom is -0.481 e. The molecule has 3 rings (SSSR count). The van der Waals surface area contributed by atoms with Gasteiger partial charge in [-0.15, -0.1) is 0 Å². The van der Waals surface area contributed by atoms with E-state index in [1.807, 2.05) is 49.9 Å². The van der Waals surface area contributed by atoms with Gasteiger partial charge in [0.05, 0.1) is 0 Å². The zero-order valence-corrected chi connectivity index (χ0v) is 14.6. The van der Waals surface area contributed by atoms with Gasteiger partial charge in [-0.25, -0.2) is 0 Å². The van der Waals surface area contributed by atoms with Gasteiger partial charge in [0.15, 0.2) is 6.10 Å². The fourth-order valence-electron chi connectivity index (χ4n) is 3.27. The van der Waals surface area contributed by atoms with E-state index in [1.165, 1.54) is 5.56 Å². The largest absolute Gasteiger partial charge is 0.481 e. The number of hydrogen-bond donors (Lipinski definition) is 1. The molecule has 5 heteroatoms. The lowest BCUT2D eigenvalue weighted by molar-refractivity contribution is -0.139. The second-order valence-electron chi connectivity index (χ2n) is 6.59. The van der Waals surface area contributed by atoms with Crippen LogP contribution in [-0.4, -0.2) is 40.2 Å². The van der Waals surface area contributed by atoms with E-state index < -0.39 is 6.10 Å². The molecule has 1 aromatic heterocycles. The predicted octanol–water partition coefficient (Wildman–Crippen LogP) is 3.20. The van der Waals surface area contributed by atoms with Gasteiger partial charge in [-0.1, -0.05) is 12.1 Å². The average Bonchev–Trinajstić information content (AvgIpc) is 3.13. The number of H-pyrrole nitrogens is 1. The smallest absolute Gasteiger partial charge is 0.263 e. The molecule has 1 aliphatic rings. The summed E-state index contributed by atoms with van der Waals surface area (Å²) in [6.45, 7) is 7.43. The van der Waals surface area contributed by atoms with E-state index in [-0.39, 0.29) is 5.91 Å². The number of amides is 1. The number of aromatic nitrogens is 2. The molecule has 1 amide bonds. The lowest BCUT2D eigenvalue weighted by Crippen LogP contribution is -2.45. The van der Waals surface area contributed by atoms with Gasteiger partial charge in [0.25, 0.3) is 5.91 Å². The standard InChI is InChI=1S/C19H25N3O2/c1-13-6-4-8-18(14(13)2)24-15(3)19(23)22-11-5-7-16(12-22)17-9-10-20-21-17/h4,6,8-10,15-16H,5,7,11-12H2,1-3H3,(H,20,21)/t15-,16+/m1/s1. The third kappa shape index (κ3) is 3.45. The molecular weight excluding hydrogens is 302 g/mol. The Balaban J connectivity index is 1.65. The number of ether oxygens (including phenoxy) is 1. The van der Waals surface area contributed by atoms with Crippen molar-refractivity contribution in [2.45, 2.75) is 45.6 Å². The van der Waals surface area contributed by atoms with Gasteiger partial charge in [0, 0.05) is 30.9 Å². The number of aromatic amines is 1. The Bertz CT molecular complexity index is 697. The van der Waals surface area contributed by atoms with E-state index in [0.717, 1.165) is 42.9 Å². The van der Waals surface area contributed by atoms with Crippen LogP contribution in [0.2, 0.25) is 0 Å². The topological polar surface area (TPSA) is 58.2 Å². The van der Waals surface area contributed by atoms with E-state index in [1.54, 1.807) is 6.20 Å². The highest BCUT2D eigenvalue weighted by atomic mass is 16.5. The first-order valence-electron chi connectivity index (χ1n) is 8.57. The van der Waals surface area contributed by atoms with E-state index in [2.05, 4.69) is 10.2 Å². The van der Waals surface area contributed by atoms with Crippen LogP contribution in [0.3, 0.4) is 0 Å². The molecule has 1 aliphatic heterocycles. The summed E-state index contributed by atoms with van der Waals surface area (Å²) >= 11 is 0. The van der Waals surface area contributed by atoms with Crippen molar-refractivity contribution >= 4 is 5.91 Å². The van der Waals surface area contributed by atoms with Gasteiger partial charge in [-0.2, -0.15) is 5.10 Å². The first-order chi connectivity index (χ1) is 11.6. The van der Waals surface area contributed by atoms with Crippen molar-refractivity contribution < 1.29 is 9.53 Å². The van der Waals surface area contributed by atoms with Crippen LogP contribution in [0.4, 0.5) is 0 Å². The fraction of sp³-hybridized carbons (Fsp3) is 0.474. The Morgan fingerprint density at radius 1 is 1.38 bits per heavy atom. The number of rotatable bonds is 4. The Morgan fingerprint density at radius 2 is 2.21 bits per heavy atom. The number of carbonyl (C=O) groups is 1. The van der Waals surface area contributed by atoms with E-state index >= 15 is 0 Å². The summed E-state index contributed by atoms with van der Waals surface area (Å²) in [5, 5.41) is 7.05. The second-order valence-corrected chi connectivity index (χ2v) is 6.59. The van der Waals surface area contributed by atoms with Crippen molar-refractivity contribution in [1.29, 1.82) is 0 Å². The molecule has 2 aromatic rings. The van der Waals surface area contributed by atoms with Crippen LogP contribution < -0.4 is 4.74 Å². The zero-order valence-electron chi connectivity index (χ0n) is 14.6. The number of carbonyl (C=O) groups excluding carboxylic acids is 1. The molecule has 1 aromatic carbocycles. The van der Waals surface area contributed by atoms with Crippen LogP contribution in [0.1, 0.15) is 42.5 Å². The monoisotopic (exact) mass is 327 g/mol. The van der Waals surface area contributed by atoms with Crippen molar-refractivity contribution in [3.63, 3.8) is 0 Å². The first kappa shape index (κ1) is 16.6. The lowest BCUT2D eigenvalue weighted by atomic mass is 9.94. The molecule has 2 heterocycles. The molecule has 0 unspecified atom stereocenters. The molecule has 1 fully saturated rings. The minimum atomic E-state index is -0.481. The zero-order chi connectivity index (χ0) is 17.1. The summed E-state index contributed by atoms with van der Waals surface area (Å²) < 4.78 is 5.96. The van der Waals surface area contributed by atoms with Crippen LogP contribution in [0.25, 0.3) is 0 Å². The van der Waals surface area contributed by atoms with E-state index in [9.17, 15) is 4.79 Å². The summed E-state index contributed by atoms with van der Waals surface area (Å²) in [5.41, 5.74) is 3.37. The molecule has 128 valence electrons. The van der Waals surface area contributed by atoms with Crippen molar-refractivity contribution in [3.8, 4) is 5.75 Å². The first-order valence-corrected chi connectivity index (χ1v) is 8.57. The average molecular weight is 327 g/mol. The summed E-state index contributed by atoms with van der Waals surface area (Å²) in [5.74, 6) is 1.18. The number of nitrogens with zero attached hydrogens (tertiary/aromatic N) is 2. The van der Waals surface area contributed by atoms with Crippen LogP contribution in [0, 0.1) is 13.8 Å². The maximum absolute atomic E-state index is 12.8. The van der Waals surface area contributed by atoms with E-state index in [4.69, 9.17) is 4.74 Å². The second kappa shape index (κ2) is 7.07. The van der Waals surface area contributed by atoms with Gasteiger partial charge >= 0.3 is 0 Å². The summed E-state index contributed by atoms with van der Waals surface area (Å²) in [7, 11) is 0.